The summed E-state index contributed by atoms with van der Waals surface area (Å²) in [5.41, 5.74) is 2.11. The van der Waals surface area contributed by atoms with Crippen molar-refractivity contribution in [1.29, 1.82) is 0 Å². The van der Waals surface area contributed by atoms with E-state index in [1.807, 2.05) is 49.4 Å². The molecular formula is C22H23BrN2O2. The van der Waals surface area contributed by atoms with Crippen LogP contribution >= 0.6 is 15.9 Å². The van der Waals surface area contributed by atoms with Crippen LogP contribution in [0.4, 0.5) is 5.69 Å². The van der Waals surface area contributed by atoms with Crippen LogP contribution in [0.15, 0.2) is 59.1 Å². The van der Waals surface area contributed by atoms with E-state index in [1.54, 1.807) is 9.80 Å². The Labute approximate surface area is 168 Å². The second-order valence-corrected chi connectivity index (χ2v) is 8.17. The average Bonchev–Trinajstić information content (AvgIpc) is 3.41. The number of rotatable bonds is 5. The van der Waals surface area contributed by atoms with Gasteiger partial charge in [0.05, 0.1) is 0 Å². The van der Waals surface area contributed by atoms with Crippen LogP contribution in [0.2, 0.25) is 0 Å². The second-order valence-electron chi connectivity index (χ2n) is 7.25. The van der Waals surface area contributed by atoms with Crippen molar-refractivity contribution < 1.29 is 9.59 Å². The van der Waals surface area contributed by atoms with Crippen molar-refractivity contribution in [2.24, 2.45) is 5.92 Å². The Morgan fingerprint density at radius 1 is 1.15 bits per heavy atom. The smallest absolute Gasteiger partial charge is 0.249 e. The molecule has 2 aromatic carbocycles. The lowest BCUT2D eigenvalue weighted by molar-refractivity contribution is -0.139. The monoisotopic (exact) mass is 426 g/mol. The fourth-order valence-corrected chi connectivity index (χ4v) is 4.37. The summed E-state index contributed by atoms with van der Waals surface area (Å²) in [7, 11) is 0. The highest BCUT2D eigenvalue weighted by Gasteiger charge is 2.48. The zero-order chi connectivity index (χ0) is 19.0. The highest BCUT2D eigenvalue weighted by molar-refractivity contribution is 9.10. The number of nitrogens with zero attached hydrogens (tertiary/aromatic N) is 2. The number of para-hydroxylation sites is 1. The summed E-state index contributed by atoms with van der Waals surface area (Å²) in [5, 5.41) is 0. The Balaban J connectivity index is 1.46. The normalized spacial score (nSPS) is 24.1. The summed E-state index contributed by atoms with van der Waals surface area (Å²) < 4.78 is 1.04. The third-order valence-corrected chi connectivity index (χ3v) is 6.18. The molecule has 0 bridgehead atoms. The molecule has 1 heterocycles. The van der Waals surface area contributed by atoms with E-state index in [-0.39, 0.29) is 29.7 Å². The molecule has 3 unspecified atom stereocenters. The van der Waals surface area contributed by atoms with Crippen LogP contribution in [0.25, 0.3) is 0 Å². The van der Waals surface area contributed by atoms with Gasteiger partial charge in [0.15, 0.2) is 0 Å². The maximum atomic E-state index is 13.1. The summed E-state index contributed by atoms with van der Waals surface area (Å²) in [6.07, 6.45) is 1.57. The first kappa shape index (κ1) is 18.2. The largest absolute Gasteiger partial charge is 0.331 e. The van der Waals surface area contributed by atoms with Crippen molar-refractivity contribution in [3.63, 3.8) is 0 Å². The number of hydrogen-bond acceptors (Lipinski definition) is 2. The number of halogens is 1. The minimum Gasteiger partial charge on any atom is -0.331 e. The first-order valence-corrected chi connectivity index (χ1v) is 10.3. The van der Waals surface area contributed by atoms with Gasteiger partial charge >= 0.3 is 0 Å². The van der Waals surface area contributed by atoms with Crippen LogP contribution in [0.1, 0.15) is 31.2 Å². The third kappa shape index (κ3) is 3.53. The van der Waals surface area contributed by atoms with Crippen molar-refractivity contribution >= 4 is 33.4 Å². The number of amides is 2. The zero-order valence-electron chi connectivity index (χ0n) is 15.3. The molecule has 140 valence electrons. The molecule has 2 aromatic rings. The molecular weight excluding hydrogens is 404 g/mol. The van der Waals surface area contributed by atoms with Crippen LogP contribution in [0.5, 0.6) is 0 Å². The van der Waals surface area contributed by atoms with E-state index in [0.717, 1.165) is 16.6 Å². The van der Waals surface area contributed by atoms with Crippen molar-refractivity contribution in [1.82, 2.24) is 4.90 Å². The predicted molar refractivity (Wildman–Crippen MR) is 110 cm³/mol. The summed E-state index contributed by atoms with van der Waals surface area (Å²) in [6.45, 7) is 3.20. The van der Waals surface area contributed by atoms with Crippen molar-refractivity contribution in [3.8, 4) is 0 Å². The van der Waals surface area contributed by atoms with E-state index in [0.29, 0.717) is 19.5 Å². The molecule has 1 aliphatic carbocycles. The molecule has 3 atom stereocenters. The molecule has 1 saturated heterocycles. The Bertz CT molecular complexity index is 837. The van der Waals surface area contributed by atoms with Gasteiger partial charge in [0, 0.05) is 29.2 Å². The molecule has 0 radical (unpaired) electrons. The molecule has 4 nitrogen and oxygen atoms in total. The molecule has 2 aliphatic rings. The number of anilines is 1. The molecule has 0 N–H and O–H groups in total. The molecule has 0 spiro atoms. The lowest BCUT2D eigenvalue weighted by atomic mass is 10.1. The molecule has 27 heavy (non-hydrogen) atoms. The summed E-state index contributed by atoms with van der Waals surface area (Å²) in [6, 6.07) is 17.6. The van der Waals surface area contributed by atoms with E-state index in [9.17, 15) is 9.59 Å². The first-order valence-electron chi connectivity index (χ1n) is 9.52. The van der Waals surface area contributed by atoms with Crippen LogP contribution in [0.3, 0.4) is 0 Å². The highest BCUT2D eigenvalue weighted by Crippen LogP contribution is 2.49. The zero-order valence-corrected chi connectivity index (χ0v) is 16.9. The van der Waals surface area contributed by atoms with Gasteiger partial charge < -0.3 is 9.80 Å². The van der Waals surface area contributed by atoms with Gasteiger partial charge in [-0.1, -0.05) is 46.3 Å². The number of benzene rings is 2. The van der Waals surface area contributed by atoms with Gasteiger partial charge in [-0.15, -0.1) is 0 Å². The summed E-state index contributed by atoms with van der Waals surface area (Å²) in [5.74, 6) is 0.446. The number of likely N-dealkylation sites (N-methyl/N-ethyl adjacent to an activating group) is 1. The average molecular weight is 427 g/mol. The van der Waals surface area contributed by atoms with Crippen molar-refractivity contribution in [2.45, 2.75) is 31.7 Å². The van der Waals surface area contributed by atoms with Gasteiger partial charge in [0.2, 0.25) is 11.8 Å². The SMILES string of the molecule is CCN(C(=O)C1CC1c1ccc(Br)cc1)C1CCN(c2ccccc2)C1=O. The van der Waals surface area contributed by atoms with Gasteiger partial charge in [0.25, 0.3) is 0 Å². The third-order valence-electron chi connectivity index (χ3n) is 5.65. The van der Waals surface area contributed by atoms with Crippen LogP contribution in [-0.4, -0.2) is 35.8 Å². The number of hydrogen-bond donors (Lipinski definition) is 0. The van der Waals surface area contributed by atoms with Gasteiger partial charge in [0.1, 0.15) is 6.04 Å². The standard InChI is InChI=1S/C22H23BrN2O2/c1-2-24(20-12-13-25(22(20)27)17-6-4-3-5-7-17)21(26)19-14-18(19)15-8-10-16(23)11-9-15/h3-11,18-20H,2,12-14H2,1H3. The molecule has 2 amide bonds. The molecule has 0 aromatic heterocycles. The summed E-state index contributed by atoms with van der Waals surface area (Å²) in [4.78, 5) is 29.7. The second kappa shape index (κ2) is 7.47. The lowest BCUT2D eigenvalue weighted by Crippen LogP contribution is -2.46. The fraction of sp³-hybridized carbons (Fsp3) is 0.364. The fourth-order valence-electron chi connectivity index (χ4n) is 4.11. The van der Waals surface area contributed by atoms with Crippen LogP contribution < -0.4 is 4.90 Å². The summed E-state index contributed by atoms with van der Waals surface area (Å²) >= 11 is 3.45. The lowest BCUT2D eigenvalue weighted by Gasteiger charge is -2.27. The molecule has 2 fully saturated rings. The minimum atomic E-state index is -0.339. The number of carbonyl (C=O) groups is 2. The maximum Gasteiger partial charge on any atom is 0.249 e. The predicted octanol–water partition coefficient (Wildman–Crippen LogP) is 4.21. The number of carbonyl (C=O) groups excluding carboxylic acids is 2. The van der Waals surface area contributed by atoms with E-state index in [4.69, 9.17) is 0 Å². The van der Waals surface area contributed by atoms with E-state index in [1.165, 1.54) is 5.56 Å². The minimum absolute atomic E-state index is 0.00435. The van der Waals surface area contributed by atoms with Gasteiger partial charge in [-0.25, -0.2) is 0 Å². The van der Waals surface area contributed by atoms with E-state index in [2.05, 4.69) is 28.1 Å². The molecule has 1 saturated carbocycles. The van der Waals surface area contributed by atoms with Crippen LogP contribution in [0, 0.1) is 5.92 Å². The Hall–Kier alpha value is -2.14. The van der Waals surface area contributed by atoms with Gasteiger partial charge in [-0.05, 0) is 55.5 Å². The van der Waals surface area contributed by atoms with Crippen LogP contribution in [-0.2, 0) is 9.59 Å². The van der Waals surface area contributed by atoms with E-state index < -0.39 is 0 Å². The van der Waals surface area contributed by atoms with E-state index >= 15 is 0 Å². The molecule has 4 rings (SSSR count). The first-order chi connectivity index (χ1) is 13.1. The van der Waals surface area contributed by atoms with Crippen molar-refractivity contribution in [2.75, 3.05) is 18.0 Å². The topological polar surface area (TPSA) is 40.6 Å². The van der Waals surface area contributed by atoms with Gasteiger partial charge in [-0.3, -0.25) is 9.59 Å². The molecule has 1 aliphatic heterocycles. The highest BCUT2D eigenvalue weighted by atomic mass is 79.9. The molecule has 5 heteroatoms. The van der Waals surface area contributed by atoms with Crippen molar-refractivity contribution in [3.05, 3.63) is 64.6 Å². The Morgan fingerprint density at radius 3 is 2.52 bits per heavy atom. The van der Waals surface area contributed by atoms with Gasteiger partial charge in [-0.2, -0.15) is 0 Å². The Morgan fingerprint density at radius 2 is 1.85 bits per heavy atom. The quantitative estimate of drug-likeness (QED) is 0.718. The maximum absolute atomic E-state index is 13.1. The Kier molecular flexibility index (Phi) is 5.04.